The smallest absolute Gasteiger partial charge is 0.319 e. The number of hydrogen-bond donors (Lipinski definition) is 1. The standard InChI is InChI=1S/C9H5BrF7N/c10-4-2-5(11)3(1-6(4)12)7(18)8(13,14)9(15,16)17/h1-2,7H,18H2. The second-order valence-electron chi connectivity index (χ2n) is 3.39. The average Bonchev–Trinajstić information content (AvgIpc) is 2.20. The molecular formula is C9H5BrF7N. The first-order valence-corrected chi connectivity index (χ1v) is 5.12. The topological polar surface area (TPSA) is 26.0 Å². The monoisotopic (exact) mass is 339 g/mol. The van der Waals surface area contributed by atoms with E-state index >= 15 is 0 Å². The van der Waals surface area contributed by atoms with Gasteiger partial charge in [0.2, 0.25) is 0 Å². The van der Waals surface area contributed by atoms with Gasteiger partial charge in [-0.1, -0.05) is 0 Å². The summed E-state index contributed by atoms with van der Waals surface area (Å²) < 4.78 is 87.6. The van der Waals surface area contributed by atoms with E-state index in [0.29, 0.717) is 6.07 Å². The molecule has 0 aromatic heterocycles. The Hall–Kier alpha value is -0.830. The van der Waals surface area contributed by atoms with Crippen molar-refractivity contribution in [1.82, 2.24) is 0 Å². The van der Waals surface area contributed by atoms with Gasteiger partial charge >= 0.3 is 12.1 Å². The Bertz CT molecular complexity index is 457. The minimum Gasteiger partial charge on any atom is -0.319 e. The van der Waals surface area contributed by atoms with Crippen LogP contribution in [0.4, 0.5) is 30.7 Å². The zero-order chi connectivity index (χ0) is 14.3. The highest BCUT2D eigenvalue weighted by molar-refractivity contribution is 9.10. The quantitative estimate of drug-likeness (QED) is 0.641. The van der Waals surface area contributed by atoms with Crippen LogP contribution in [-0.4, -0.2) is 12.1 Å². The summed E-state index contributed by atoms with van der Waals surface area (Å²) in [4.78, 5) is 0. The van der Waals surface area contributed by atoms with E-state index < -0.39 is 39.8 Å². The molecule has 0 aliphatic carbocycles. The van der Waals surface area contributed by atoms with Crippen LogP contribution in [0.3, 0.4) is 0 Å². The molecule has 9 heteroatoms. The molecule has 0 bridgehead atoms. The highest BCUT2D eigenvalue weighted by atomic mass is 79.9. The van der Waals surface area contributed by atoms with Crippen LogP contribution < -0.4 is 5.73 Å². The van der Waals surface area contributed by atoms with Crippen LogP contribution in [0.5, 0.6) is 0 Å². The van der Waals surface area contributed by atoms with Crippen molar-refractivity contribution >= 4 is 15.9 Å². The van der Waals surface area contributed by atoms with Gasteiger partial charge < -0.3 is 5.73 Å². The third kappa shape index (κ3) is 2.61. The van der Waals surface area contributed by atoms with Crippen LogP contribution in [0.1, 0.15) is 11.6 Å². The van der Waals surface area contributed by atoms with E-state index in [1.54, 1.807) is 0 Å². The Kier molecular flexibility index (Phi) is 3.97. The van der Waals surface area contributed by atoms with Crippen LogP contribution in [0, 0.1) is 11.6 Å². The third-order valence-electron chi connectivity index (χ3n) is 2.14. The fraction of sp³-hybridized carbons (Fsp3) is 0.333. The van der Waals surface area contributed by atoms with Crippen molar-refractivity contribution in [1.29, 1.82) is 0 Å². The van der Waals surface area contributed by atoms with Crippen LogP contribution in [0.25, 0.3) is 0 Å². The molecule has 1 aromatic carbocycles. The summed E-state index contributed by atoms with van der Waals surface area (Å²) >= 11 is 2.55. The van der Waals surface area contributed by atoms with Crippen molar-refractivity contribution < 1.29 is 30.7 Å². The van der Waals surface area contributed by atoms with Gasteiger partial charge in [-0.2, -0.15) is 22.0 Å². The van der Waals surface area contributed by atoms with Crippen molar-refractivity contribution in [2.45, 2.75) is 18.1 Å². The maximum atomic E-state index is 13.2. The van der Waals surface area contributed by atoms with Crippen molar-refractivity contribution in [3.05, 3.63) is 33.8 Å². The molecule has 1 atom stereocenters. The van der Waals surface area contributed by atoms with Crippen molar-refractivity contribution in [3.63, 3.8) is 0 Å². The second-order valence-corrected chi connectivity index (χ2v) is 4.24. The number of benzene rings is 1. The van der Waals surface area contributed by atoms with E-state index in [1.807, 2.05) is 0 Å². The van der Waals surface area contributed by atoms with Crippen LogP contribution >= 0.6 is 15.9 Å². The Morgan fingerprint density at radius 1 is 1.00 bits per heavy atom. The molecule has 0 saturated heterocycles. The Morgan fingerprint density at radius 3 is 1.94 bits per heavy atom. The van der Waals surface area contributed by atoms with E-state index in [4.69, 9.17) is 0 Å². The summed E-state index contributed by atoms with van der Waals surface area (Å²) in [5.41, 5.74) is 3.43. The molecule has 102 valence electrons. The van der Waals surface area contributed by atoms with Gasteiger partial charge in [-0.3, -0.25) is 0 Å². The molecular weight excluding hydrogens is 335 g/mol. The first-order chi connectivity index (χ1) is 7.98. The summed E-state index contributed by atoms with van der Waals surface area (Å²) in [6.45, 7) is 0. The minimum absolute atomic E-state index is 0.198. The number of rotatable bonds is 2. The predicted molar refractivity (Wildman–Crippen MR) is 52.0 cm³/mol. The summed E-state index contributed by atoms with van der Waals surface area (Å²) in [5, 5.41) is 0. The van der Waals surface area contributed by atoms with Crippen LogP contribution in [-0.2, 0) is 0 Å². The molecule has 0 aliphatic heterocycles. The Balaban J connectivity index is 3.27. The van der Waals surface area contributed by atoms with E-state index in [0.717, 1.165) is 0 Å². The zero-order valence-corrected chi connectivity index (χ0v) is 9.92. The van der Waals surface area contributed by atoms with Gasteiger partial charge in [0.05, 0.1) is 4.47 Å². The molecule has 0 spiro atoms. The van der Waals surface area contributed by atoms with Crippen molar-refractivity contribution in [2.75, 3.05) is 0 Å². The molecule has 0 fully saturated rings. The van der Waals surface area contributed by atoms with Gasteiger partial charge in [0.25, 0.3) is 0 Å². The number of alkyl halides is 5. The molecule has 1 aromatic rings. The summed E-state index contributed by atoms with van der Waals surface area (Å²) in [6.07, 6.45) is -5.96. The lowest BCUT2D eigenvalue weighted by Crippen LogP contribution is -2.46. The number of hydrogen-bond acceptors (Lipinski definition) is 1. The van der Waals surface area contributed by atoms with Crippen LogP contribution in [0.15, 0.2) is 16.6 Å². The maximum Gasteiger partial charge on any atom is 0.455 e. The van der Waals surface area contributed by atoms with Gasteiger partial charge in [-0.05, 0) is 28.1 Å². The predicted octanol–water partition coefficient (Wildman–Crippen LogP) is 3.92. The highest BCUT2D eigenvalue weighted by Gasteiger charge is 2.62. The average molecular weight is 340 g/mol. The van der Waals surface area contributed by atoms with Gasteiger partial charge in [0.15, 0.2) is 0 Å². The molecule has 0 saturated carbocycles. The van der Waals surface area contributed by atoms with Crippen LogP contribution in [0.2, 0.25) is 0 Å². The molecule has 1 rings (SSSR count). The first-order valence-electron chi connectivity index (χ1n) is 4.33. The lowest BCUT2D eigenvalue weighted by molar-refractivity contribution is -0.291. The molecule has 18 heavy (non-hydrogen) atoms. The lowest BCUT2D eigenvalue weighted by atomic mass is 10.0. The maximum absolute atomic E-state index is 13.2. The fourth-order valence-corrected chi connectivity index (χ4v) is 1.46. The zero-order valence-electron chi connectivity index (χ0n) is 8.33. The highest BCUT2D eigenvalue weighted by Crippen LogP contribution is 2.44. The first kappa shape index (κ1) is 15.2. The van der Waals surface area contributed by atoms with Gasteiger partial charge in [-0.15, -0.1) is 0 Å². The molecule has 2 N–H and O–H groups in total. The van der Waals surface area contributed by atoms with Crippen molar-refractivity contribution in [3.8, 4) is 0 Å². The second kappa shape index (κ2) is 4.69. The SMILES string of the molecule is NC(c1cc(F)c(Br)cc1F)C(F)(F)C(F)(F)F. The lowest BCUT2D eigenvalue weighted by Gasteiger charge is -2.26. The normalized spacial score (nSPS) is 14.7. The summed E-state index contributed by atoms with van der Waals surface area (Å²) in [5.74, 6) is -8.02. The minimum atomic E-state index is -5.96. The largest absolute Gasteiger partial charge is 0.455 e. The molecule has 0 heterocycles. The summed E-state index contributed by atoms with van der Waals surface area (Å²) in [7, 11) is 0. The van der Waals surface area contributed by atoms with E-state index in [9.17, 15) is 30.7 Å². The fourth-order valence-electron chi connectivity index (χ4n) is 1.15. The van der Waals surface area contributed by atoms with Gasteiger partial charge in [0.1, 0.15) is 17.7 Å². The third-order valence-corrected chi connectivity index (χ3v) is 2.75. The van der Waals surface area contributed by atoms with E-state index in [-0.39, 0.29) is 6.07 Å². The molecule has 1 unspecified atom stereocenters. The van der Waals surface area contributed by atoms with E-state index in [2.05, 4.69) is 21.7 Å². The number of halogens is 8. The Morgan fingerprint density at radius 2 is 1.50 bits per heavy atom. The molecule has 0 aliphatic rings. The Labute approximate surface area is 105 Å². The van der Waals surface area contributed by atoms with E-state index in [1.165, 1.54) is 0 Å². The summed E-state index contributed by atoms with van der Waals surface area (Å²) in [6, 6.07) is -2.40. The molecule has 0 radical (unpaired) electrons. The van der Waals surface area contributed by atoms with Crippen molar-refractivity contribution in [2.24, 2.45) is 5.73 Å². The van der Waals surface area contributed by atoms with Gasteiger partial charge in [-0.25, -0.2) is 8.78 Å². The molecule has 0 amide bonds. The number of nitrogens with two attached hydrogens (primary N) is 1. The van der Waals surface area contributed by atoms with Gasteiger partial charge in [0, 0.05) is 5.56 Å². The molecule has 1 nitrogen and oxygen atoms in total.